The van der Waals surface area contributed by atoms with Crippen LogP contribution in [0.2, 0.25) is 0 Å². The standard InChI is InChI=1S/C15H22FNO/c1-11(17)13-6-7-15(14(16)10-13)18-9-8-12-4-2-3-5-12/h6-7,10-12H,2-5,8-9,17H2,1H3. The Balaban J connectivity index is 1.85. The Morgan fingerprint density at radius 1 is 1.39 bits per heavy atom. The van der Waals surface area contributed by atoms with Crippen molar-refractivity contribution in [2.45, 2.75) is 45.1 Å². The van der Waals surface area contributed by atoms with Crippen LogP contribution in [-0.2, 0) is 0 Å². The molecule has 1 fully saturated rings. The van der Waals surface area contributed by atoms with Crippen LogP contribution in [0.3, 0.4) is 0 Å². The predicted molar refractivity (Wildman–Crippen MR) is 71.1 cm³/mol. The molecule has 2 rings (SSSR count). The number of halogens is 1. The van der Waals surface area contributed by atoms with Crippen LogP contribution in [0.15, 0.2) is 18.2 Å². The molecule has 2 nitrogen and oxygen atoms in total. The van der Waals surface area contributed by atoms with E-state index in [0.717, 1.165) is 17.9 Å². The molecule has 1 aromatic rings. The Bertz CT molecular complexity index is 386. The van der Waals surface area contributed by atoms with E-state index in [1.807, 2.05) is 13.0 Å². The zero-order valence-electron chi connectivity index (χ0n) is 11.0. The molecule has 0 radical (unpaired) electrons. The summed E-state index contributed by atoms with van der Waals surface area (Å²) in [6.07, 6.45) is 6.31. The van der Waals surface area contributed by atoms with Crippen LogP contribution in [0, 0.1) is 11.7 Å². The van der Waals surface area contributed by atoms with Gasteiger partial charge in [0.15, 0.2) is 11.6 Å². The number of hydrogen-bond donors (Lipinski definition) is 1. The van der Waals surface area contributed by atoms with Crippen molar-refractivity contribution < 1.29 is 9.13 Å². The van der Waals surface area contributed by atoms with E-state index < -0.39 is 0 Å². The van der Waals surface area contributed by atoms with Crippen LogP contribution < -0.4 is 10.5 Å². The fraction of sp³-hybridized carbons (Fsp3) is 0.600. The van der Waals surface area contributed by atoms with Crippen molar-refractivity contribution in [1.29, 1.82) is 0 Å². The Morgan fingerprint density at radius 3 is 2.72 bits per heavy atom. The van der Waals surface area contributed by atoms with Crippen molar-refractivity contribution in [3.63, 3.8) is 0 Å². The van der Waals surface area contributed by atoms with Gasteiger partial charge in [0, 0.05) is 6.04 Å². The summed E-state index contributed by atoms with van der Waals surface area (Å²) in [4.78, 5) is 0. The maximum atomic E-state index is 13.7. The van der Waals surface area contributed by atoms with Crippen molar-refractivity contribution in [2.24, 2.45) is 11.7 Å². The molecule has 0 spiro atoms. The van der Waals surface area contributed by atoms with Crippen LogP contribution in [0.1, 0.15) is 50.6 Å². The first kappa shape index (κ1) is 13.3. The normalized spacial score (nSPS) is 17.9. The fourth-order valence-corrected chi connectivity index (χ4v) is 2.55. The van der Waals surface area contributed by atoms with Gasteiger partial charge in [-0.3, -0.25) is 0 Å². The summed E-state index contributed by atoms with van der Waals surface area (Å²) < 4.78 is 19.2. The first-order valence-corrected chi connectivity index (χ1v) is 6.84. The van der Waals surface area contributed by atoms with E-state index in [1.54, 1.807) is 6.07 Å². The highest BCUT2D eigenvalue weighted by Crippen LogP contribution is 2.28. The van der Waals surface area contributed by atoms with Crippen molar-refractivity contribution in [3.8, 4) is 5.75 Å². The van der Waals surface area contributed by atoms with Crippen LogP contribution >= 0.6 is 0 Å². The molecular weight excluding hydrogens is 229 g/mol. The summed E-state index contributed by atoms with van der Waals surface area (Å²) in [5, 5.41) is 0. The Labute approximate surface area is 108 Å². The summed E-state index contributed by atoms with van der Waals surface area (Å²) in [5.41, 5.74) is 6.51. The van der Waals surface area contributed by atoms with Crippen LogP contribution in [0.5, 0.6) is 5.75 Å². The van der Waals surface area contributed by atoms with Crippen molar-refractivity contribution >= 4 is 0 Å². The van der Waals surface area contributed by atoms with Gasteiger partial charge in [-0.15, -0.1) is 0 Å². The smallest absolute Gasteiger partial charge is 0.165 e. The Morgan fingerprint density at radius 2 is 2.11 bits per heavy atom. The Hall–Kier alpha value is -1.09. The molecule has 2 N–H and O–H groups in total. The average molecular weight is 251 g/mol. The van der Waals surface area contributed by atoms with E-state index in [1.165, 1.54) is 31.7 Å². The zero-order chi connectivity index (χ0) is 13.0. The lowest BCUT2D eigenvalue weighted by molar-refractivity contribution is 0.267. The van der Waals surface area contributed by atoms with Gasteiger partial charge >= 0.3 is 0 Å². The summed E-state index contributed by atoms with van der Waals surface area (Å²) in [5.74, 6) is 0.810. The third-order valence-corrected chi connectivity index (χ3v) is 3.74. The highest BCUT2D eigenvalue weighted by atomic mass is 19.1. The molecule has 1 atom stereocenters. The van der Waals surface area contributed by atoms with Gasteiger partial charge in [-0.2, -0.15) is 0 Å². The molecule has 0 aromatic heterocycles. The Kier molecular flexibility index (Phi) is 4.59. The molecule has 1 unspecified atom stereocenters. The number of nitrogens with two attached hydrogens (primary N) is 1. The van der Waals surface area contributed by atoms with Gasteiger partial charge in [-0.25, -0.2) is 4.39 Å². The van der Waals surface area contributed by atoms with Crippen molar-refractivity contribution in [3.05, 3.63) is 29.6 Å². The minimum absolute atomic E-state index is 0.146. The molecule has 0 saturated heterocycles. The molecule has 0 bridgehead atoms. The molecule has 3 heteroatoms. The van der Waals surface area contributed by atoms with Gasteiger partial charge < -0.3 is 10.5 Å². The minimum atomic E-state index is -0.309. The molecule has 0 heterocycles. The van der Waals surface area contributed by atoms with Gasteiger partial charge in [0.1, 0.15) is 0 Å². The second-order valence-electron chi connectivity index (χ2n) is 5.27. The second-order valence-corrected chi connectivity index (χ2v) is 5.27. The lowest BCUT2D eigenvalue weighted by Gasteiger charge is -2.12. The lowest BCUT2D eigenvalue weighted by atomic mass is 10.1. The summed E-state index contributed by atoms with van der Waals surface area (Å²) in [6.45, 7) is 2.45. The SMILES string of the molecule is CC(N)c1ccc(OCCC2CCCC2)c(F)c1. The third kappa shape index (κ3) is 3.45. The summed E-state index contributed by atoms with van der Waals surface area (Å²) in [6, 6.07) is 4.84. The van der Waals surface area contributed by atoms with E-state index in [-0.39, 0.29) is 11.9 Å². The van der Waals surface area contributed by atoms with E-state index in [4.69, 9.17) is 10.5 Å². The van der Waals surface area contributed by atoms with Crippen LogP contribution in [0.25, 0.3) is 0 Å². The highest BCUT2D eigenvalue weighted by Gasteiger charge is 2.15. The monoisotopic (exact) mass is 251 g/mol. The van der Waals surface area contributed by atoms with Gasteiger partial charge in [0.2, 0.25) is 0 Å². The first-order chi connectivity index (χ1) is 8.66. The maximum absolute atomic E-state index is 13.7. The average Bonchev–Trinajstić information content (AvgIpc) is 2.84. The highest BCUT2D eigenvalue weighted by molar-refractivity contribution is 5.30. The number of hydrogen-bond acceptors (Lipinski definition) is 2. The van der Waals surface area contributed by atoms with Crippen LogP contribution in [0.4, 0.5) is 4.39 Å². The molecule has 1 aromatic carbocycles. The summed E-state index contributed by atoms with van der Waals surface area (Å²) in [7, 11) is 0. The fourth-order valence-electron chi connectivity index (χ4n) is 2.55. The molecule has 0 amide bonds. The van der Waals surface area contributed by atoms with E-state index >= 15 is 0 Å². The maximum Gasteiger partial charge on any atom is 0.165 e. The van der Waals surface area contributed by atoms with Crippen molar-refractivity contribution in [2.75, 3.05) is 6.61 Å². The van der Waals surface area contributed by atoms with Gasteiger partial charge in [-0.1, -0.05) is 31.7 Å². The number of rotatable bonds is 5. The molecule has 100 valence electrons. The van der Waals surface area contributed by atoms with Gasteiger partial charge in [0.05, 0.1) is 6.61 Å². The molecule has 1 saturated carbocycles. The minimum Gasteiger partial charge on any atom is -0.491 e. The van der Waals surface area contributed by atoms with Crippen LogP contribution in [-0.4, -0.2) is 6.61 Å². The molecule has 0 aliphatic heterocycles. The second kappa shape index (κ2) is 6.19. The van der Waals surface area contributed by atoms with E-state index in [2.05, 4.69) is 0 Å². The largest absolute Gasteiger partial charge is 0.491 e. The first-order valence-electron chi connectivity index (χ1n) is 6.84. The molecule has 1 aliphatic carbocycles. The van der Waals surface area contributed by atoms with E-state index in [9.17, 15) is 4.39 Å². The molecule has 1 aliphatic rings. The lowest BCUT2D eigenvalue weighted by Crippen LogP contribution is -2.07. The predicted octanol–water partition coefficient (Wildman–Crippen LogP) is 3.80. The molecule has 18 heavy (non-hydrogen) atoms. The van der Waals surface area contributed by atoms with E-state index in [0.29, 0.717) is 12.4 Å². The topological polar surface area (TPSA) is 35.2 Å². The quantitative estimate of drug-likeness (QED) is 0.863. The zero-order valence-corrected chi connectivity index (χ0v) is 11.0. The third-order valence-electron chi connectivity index (χ3n) is 3.74. The molecular formula is C15H22FNO. The number of ether oxygens (including phenoxy) is 1. The van der Waals surface area contributed by atoms with Gasteiger partial charge in [0.25, 0.3) is 0 Å². The van der Waals surface area contributed by atoms with Gasteiger partial charge in [-0.05, 0) is 37.0 Å². The summed E-state index contributed by atoms with van der Waals surface area (Å²) >= 11 is 0. The van der Waals surface area contributed by atoms with Crippen molar-refractivity contribution in [1.82, 2.24) is 0 Å². The number of benzene rings is 1.